The van der Waals surface area contributed by atoms with Gasteiger partial charge in [0, 0.05) is 0 Å². The molecule has 1 aliphatic heterocycles. The molecule has 0 unspecified atom stereocenters. The second kappa shape index (κ2) is 6.28. The maximum atomic E-state index is 12.1. The highest BCUT2D eigenvalue weighted by atomic mass is 32.2. The zero-order valence-corrected chi connectivity index (χ0v) is 12.0. The van der Waals surface area contributed by atoms with E-state index >= 15 is 0 Å². The van der Waals surface area contributed by atoms with Gasteiger partial charge in [0.05, 0.1) is 17.9 Å². The summed E-state index contributed by atoms with van der Waals surface area (Å²) in [5, 5.41) is 14.7. The largest absolute Gasteiger partial charge is 0.462 e. The average molecular weight is 304 g/mol. The number of hydrogen-bond donors (Lipinski definition) is 1. The quantitative estimate of drug-likeness (QED) is 0.658. The summed E-state index contributed by atoms with van der Waals surface area (Å²) in [7, 11) is 0. The van der Waals surface area contributed by atoms with Crippen LogP contribution in [0.5, 0.6) is 0 Å². The number of rotatable bonds is 4. The molecule has 1 amide bonds. The molecule has 0 saturated carbocycles. The van der Waals surface area contributed by atoms with Gasteiger partial charge in [-0.15, -0.1) is 0 Å². The van der Waals surface area contributed by atoms with Gasteiger partial charge < -0.3 is 10.5 Å². The molecule has 0 fully saturated rings. The molecule has 108 valence electrons. The first-order chi connectivity index (χ1) is 10.1. The third-order valence-corrected chi connectivity index (χ3v) is 3.49. The number of anilines is 1. The Labute approximate surface area is 125 Å². The van der Waals surface area contributed by atoms with Crippen molar-refractivity contribution < 1.29 is 14.3 Å². The van der Waals surface area contributed by atoms with Crippen molar-refractivity contribution in [3.8, 4) is 5.40 Å². The number of ether oxygens (including phenoxy) is 1. The second-order valence-corrected chi connectivity index (χ2v) is 4.92. The van der Waals surface area contributed by atoms with Crippen molar-refractivity contribution in [3.05, 3.63) is 29.8 Å². The summed E-state index contributed by atoms with van der Waals surface area (Å²) in [5.74, 6) is -0.735. The van der Waals surface area contributed by atoms with E-state index in [1.807, 2.05) is 5.40 Å². The minimum absolute atomic E-state index is 0.0843. The molecule has 1 heterocycles. The predicted molar refractivity (Wildman–Crippen MR) is 78.5 cm³/mol. The minimum atomic E-state index is -0.792. The predicted octanol–water partition coefficient (Wildman–Crippen LogP) is 1.06. The van der Waals surface area contributed by atoms with E-state index in [1.54, 1.807) is 19.1 Å². The fourth-order valence-electron chi connectivity index (χ4n) is 1.76. The van der Waals surface area contributed by atoms with E-state index < -0.39 is 11.2 Å². The Morgan fingerprint density at radius 1 is 1.52 bits per heavy atom. The number of thiocyanates is 1. The van der Waals surface area contributed by atoms with Gasteiger partial charge in [0.1, 0.15) is 11.2 Å². The lowest BCUT2D eigenvalue weighted by molar-refractivity contribution is -0.116. The average Bonchev–Trinajstić information content (AvgIpc) is 2.76. The first-order valence-corrected chi connectivity index (χ1v) is 6.96. The number of amides is 1. The minimum Gasteiger partial charge on any atom is -0.462 e. The van der Waals surface area contributed by atoms with Crippen LogP contribution in [0.15, 0.2) is 29.4 Å². The van der Waals surface area contributed by atoms with E-state index in [1.165, 1.54) is 12.1 Å². The van der Waals surface area contributed by atoms with E-state index in [2.05, 4.69) is 5.10 Å². The summed E-state index contributed by atoms with van der Waals surface area (Å²) in [6, 6.07) is 6.22. The smallest absolute Gasteiger partial charge is 0.338 e. The fourth-order valence-corrected chi connectivity index (χ4v) is 2.23. The molecular weight excluding hydrogens is 292 g/mol. The molecule has 1 aromatic carbocycles. The second-order valence-electron chi connectivity index (χ2n) is 4.03. The lowest BCUT2D eigenvalue weighted by atomic mass is 10.2. The zero-order chi connectivity index (χ0) is 15.4. The molecule has 0 radical (unpaired) electrons. The van der Waals surface area contributed by atoms with Crippen LogP contribution in [0.1, 0.15) is 17.3 Å². The van der Waals surface area contributed by atoms with E-state index in [0.29, 0.717) is 17.9 Å². The van der Waals surface area contributed by atoms with Gasteiger partial charge in [0.25, 0.3) is 5.91 Å². The van der Waals surface area contributed by atoms with Crippen LogP contribution in [-0.2, 0) is 9.53 Å². The monoisotopic (exact) mass is 304 g/mol. The number of nitrogens with zero attached hydrogens (tertiary/aromatic N) is 3. The molecule has 8 heteroatoms. The number of nitriles is 1. The number of hydrazone groups is 1. The van der Waals surface area contributed by atoms with Crippen LogP contribution in [-0.4, -0.2) is 29.6 Å². The number of esters is 1. The van der Waals surface area contributed by atoms with Crippen LogP contribution in [0.25, 0.3) is 0 Å². The Balaban J connectivity index is 2.19. The number of carbonyl (C=O) groups excluding carboxylic acids is 2. The molecule has 1 aromatic rings. The van der Waals surface area contributed by atoms with Gasteiger partial charge >= 0.3 is 5.97 Å². The van der Waals surface area contributed by atoms with E-state index in [4.69, 9.17) is 15.7 Å². The van der Waals surface area contributed by atoms with Crippen molar-refractivity contribution in [2.45, 2.75) is 12.2 Å². The van der Waals surface area contributed by atoms with Gasteiger partial charge in [0.15, 0.2) is 5.25 Å². The van der Waals surface area contributed by atoms with Crippen LogP contribution in [0.4, 0.5) is 5.69 Å². The molecule has 7 nitrogen and oxygen atoms in total. The molecule has 2 rings (SSSR count). The fraction of sp³-hybridized carbons (Fsp3) is 0.231. The summed E-state index contributed by atoms with van der Waals surface area (Å²) >= 11 is 0.753. The Kier molecular flexibility index (Phi) is 4.45. The van der Waals surface area contributed by atoms with Crippen LogP contribution in [0.2, 0.25) is 0 Å². The number of hydrogen-bond acceptors (Lipinski definition) is 7. The van der Waals surface area contributed by atoms with Gasteiger partial charge in [-0.1, -0.05) is 0 Å². The first-order valence-electron chi connectivity index (χ1n) is 6.08. The highest BCUT2D eigenvalue weighted by molar-refractivity contribution is 8.05. The molecule has 0 spiro atoms. The molecule has 21 heavy (non-hydrogen) atoms. The summed E-state index contributed by atoms with van der Waals surface area (Å²) in [6.45, 7) is 2.01. The van der Waals surface area contributed by atoms with Gasteiger partial charge in [-0.2, -0.15) is 15.4 Å². The van der Waals surface area contributed by atoms with Crippen molar-refractivity contribution in [1.29, 1.82) is 5.26 Å². The molecule has 1 aliphatic rings. The SMILES string of the molecule is CCOC(=O)c1ccc(N2N=C(N)[C@H](SC#N)C2=O)cc1. The third kappa shape index (κ3) is 2.98. The third-order valence-electron chi connectivity index (χ3n) is 2.71. The molecule has 0 saturated heterocycles. The highest BCUT2D eigenvalue weighted by Gasteiger charge is 2.36. The van der Waals surface area contributed by atoms with E-state index in [9.17, 15) is 9.59 Å². The van der Waals surface area contributed by atoms with Gasteiger partial charge in [-0.25, -0.2) is 4.79 Å². The lowest BCUT2D eigenvalue weighted by Gasteiger charge is -2.12. The zero-order valence-electron chi connectivity index (χ0n) is 11.1. The highest BCUT2D eigenvalue weighted by Crippen LogP contribution is 2.25. The first kappa shape index (κ1) is 14.9. The Morgan fingerprint density at radius 2 is 2.19 bits per heavy atom. The Morgan fingerprint density at radius 3 is 2.76 bits per heavy atom. The Bertz CT molecular complexity index is 636. The van der Waals surface area contributed by atoms with Crippen LogP contribution < -0.4 is 10.7 Å². The number of carbonyl (C=O) groups is 2. The standard InChI is InChI=1S/C13H12N4O3S/c1-2-20-13(19)8-3-5-9(6-4-8)17-12(18)10(21-7-14)11(15)16-17/h3-6,10H,2H2,1H3,(H2,15,16)/t10-/m0/s1. The molecule has 0 aromatic heterocycles. The van der Waals surface area contributed by atoms with E-state index in [0.717, 1.165) is 16.8 Å². The summed E-state index contributed by atoms with van der Waals surface area (Å²) in [4.78, 5) is 23.6. The normalized spacial score (nSPS) is 17.3. The molecule has 2 N–H and O–H groups in total. The van der Waals surface area contributed by atoms with Gasteiger partial charge in [-0.05, 0) is 43.0 Å². The van der Waals surface area contributed by atoms with Crippen LogP contribution in [0.3, 0.4) is 0 Å². The van der Waals surface area contributed by atoms with Gasteiger partial charge in [-0.3, -0.25) is 4.79 Å². The molecule has 1 atom stereocenters. The van der Waals surface area contributed by atoms with Crippen molar-refractivity contribution in [3.63, 3.8) is 0 Å². The van der Waals surface area contributed by atoms with Gasteiger partial charge in [0.2, 0.25) is 0 Å². The summed E-state index contributed by atoms with van der Waals surface area (Å²) in [6.07, 6.45) is 0. The molecule has 0 aliphatic carbocycles. The number of thioether (sulfide) groups is 1. The van der Waals surface area contributed by atoms with Crippen molar-refractivity contribution in [2.75, 3.05) is 11.6 Å². The number of amidine groups is 1. The van der Waals surface area contributed by atoms with Crippen molar-refractivity contribution >= 4 is 35.2 Å². The van der Waals surface area contributed by atoms with Crippen LogP contribution >= 0.6 is 11.8 Å². The summed E-state index contributed by atoms with van der Waals surface area (Å²) in [5.41, 5.74) is 6.49. The number of nitrogens with two attached hydrogens (primary N) is 1. The van der Waals surface area contributed by atoms with E-state index in [-0.39, 0.29) is 11.7 Å². The van der Waals surface area contributed by atoms with Crippen LogP contribution in [0, 0.1) is 10.7 Å². The molecule has 0 bridgehead atoms. The Hall–Kier alpha value is -2.53. The van der Waals surface area contributed by atoms with Crippen molar-refractivity contribution in [2.24, 2.45) is 10.8 Å². The number of benzene rings is 1. The van der Waals surface area contributed by atoms with Crippen molar-refractivity contribution in [1.82, 2.24) is 0 Å². The maximum absolute atomic E-state index is 12.1. The molecular formula is C13H12N4O3S. The summed E-state index contributed by atoms with van der Waals surface area (Å²) < 4.78 is 4.87. The maximum Gasteiger partial charge on any atom is 0.338 e. The topological polar surface area (TPSA) is 109 Å². The lowest BCUT2D eigenvalue weighted by Crippen LogP contribution is -2.32.